The summed E-state index contributed by atoms with van der Waals surface area (Å²) in [6.45, 7) is 4.16. The van der Waals surface area contributed by atoms with E-state index in [1.807, 2.05) is 38.1 Å². The van der Waals surface area contributed by atoms with E-state index in [2.05, 4.69) is 31.9 Å². The third-order valence-electron chi connectivity index (χ3n) is 3.36. The molecule has 2 aromatic rings. The van der Waals surface area contributed by atoms with Crippen molar-refractivity contribution in [3.05, 3.63) is 53.0 Å². The minimum Gasteiger partial charge on any atom is -0.375 e. The summed E-state index contributed by atoms with van der Waals surface area (Å²) < 4.78 is 0.907. The van der Waals surface area contributed by atoms with Crippen LogP contribution in [0.2, 0.25) is 0 Å². The van der Waals surface area contributed by atoms with E-state index in [0.717, 1.165) is 15.8 Å². The maximum absolute atomic E-state index is 12.0. The van der Waals surface area contributed by atoms with E-state index in [1.54, 1.807) is 24.3 Å². The first-order valence-corrected chi connectivity index (χ1v) is 8.91. The molecule has 0 radical (unpaired) electrons. The predicted octanol–water partition coefficient (Wildman–Crippen LogP) is 4.48. The van der Waals surface area contributed by atoms with E-state index in [4.69, 9.17) is 0 Å². The van der Waals surface area contributed by atoms with E-state index >= 15 is 0 Å². The molecule has 0 aliphatic heterocycles. The Morgan fingerprint density at radius 1 is 0.920 bits per heavy atom. The molecule has 0 bridgehead atoms. The monoisotopic (exact) mass is 403 g/mol. The van der Waals surface area contributed by atoms with Crippen molar-refractivity contribution in [1.82, 2.24) is 0 Å². The number of carbonyl (C=O) groups is 2. The fourth-order valence-corrected chi connectivity index (χ4v) is 2.63. The van der Waals surface area contributed by atoms with Crippen molar-refractivity contribution >= 4 is 44.8 Å². The maximum atomic E-state index is 12.0. The second kappa shape index (κ2) is 9.22. The molecule has 6 heteroatoms. The van der Waals surface area contributed by atoms with Gasteiger partial charge in [-0.1, -0.05) is 26.0 Å². The zero-order valence-electron chi connectivity index (χ0n) is 14.3. The van der Waals surface area contributed by atoms with Crippen molar-refractivity contribution in [1.29, 1.82) is 0 Å². The lowest BCUT2D eigenvalue weighted by atomic mass is 10.1. The number of anilines is 3. The summed E-state index contributed by atoms with van der Waals surface area (Å²) in [5.74, 6) is 0.160. The molecule has 132 valence electrons. The molecule has 3 N–H and O–H groups in total. The first kappa shape index (κ1) is 19.0. The molecule has 25 heavy (non-hydrogen) atoms. The van der Waals surface area contributed by atoms with Crippen LogP contribution in [0.3, 0.4) is 0 Å². The molecule has 0 spiro atoms. The van der Waals surface area contributed by atoms with Gasteiger partial charge in [0.2, 0.25) is 11.8 Å². The summed E-state index contributed by atoms with van der Waals surface area (Å²) in [4.78, 5) is 23.8. The van der Waals surface area contributed by atoms with Crippen LogP contribution in [0.1, 0.15) is 20.3 Å². The van der Waals surface area contributed by atoms with Gasteiger partial charge in [0.1, 0.15) is 0 Å². The van der Waals surface area contributed by atoms with E-state index in [0.29, 0.717) is 18.0 Å². The highest BCUT2D eigenvalue weighted by Gasteiger charge is 2.07. The highest BCUT2D eigenvalue weighted by molar-refractivity contribution is 9.10. The highest BCUT2D eigenvalue weighted by Crippen LogP contribution is 2.21. The quantitative estimate of drug-likeness (QED) is 0.637. The van der Waals surface area contributed by atoms with Crippen LogP contribution in [0, 0.1) is 5.92 Å². The molecular weight excluding hydrogens is 382 g/mol. The van der Waals surface area contributed by atoms with Gasteiger partial charge in [-0.2, -0.15) is 0 Å². The summed E-state index contributed by atoms with van der Waals surface area (Å²) >= 11 is 3.43. The largest absolute Gasteiger partial charge is 0.375 e. The molecule has 0 saturated carbocycles. The first-order chi connectivity index (χ1) is 11.9. The summed E-state index contributed by atoms with van der Waals surface area (Å²) in [6.07, 6.45) is 0.485. The van der Waals surface area contributed by atoms with Gasteiger partial charge in [0, 0.05) is 28.0 Å². The van der Waals surface area contributed by atoms with Gasteiger partial charge in [0.25, 0.3) is 0 Å². The maximum Gasteiger partial charge on any atom is 0.243 e. The lowest BCUT2D eigenvalue weighted by Gasteiger charge is -2.10. The molecule has 0 heterocycles. The molecular formula is C19H22BrN3O2. The van der Waals surface area contributed by atoms with Crippen molar-refractivity contribution in [3.8, 4) is 0 Å². The molecule has 2 aromatic carbocycles. The van der Waals surface area contributed by atoms with Gasteiger partial charge < -0.3 is 16.0 Å². The van der Waals surface area contributed by atoms with Crippen LogP contribution in [0.25, 0.3) is 0 Å². The molecule has 0 unspecified atom stereocenters. The standard InChI is InChI=1S/C19H22BrN3O2/c1-13(2)11-18(24)22-14-7-9-15(10-8-14)23-19(25)12-21-17-6-4-3-5-16(17)20/h3-10,13,21H,11-12H2,1-2H3,(H,22,24)(H,23,25). The van der Waals surface area contributed by atoms with Crippen LogP contribution in [-0.4, -0.2) is 18.4 Å². The van der Waals surface area contributed by atoms with E-state index < -0.39 is 0 Å². The van der Waals surface area contributed by atoms with Crippen LogP contribution < -0.4 is 16.0 Å². The summed E-state index contributed by atoms with van der Waals surface area (Å²) in [6, 6.07) is 14.7. The van der Waals surface area contributed by atoms with Gasteiger partial charge >= 0.3 is 0 Å². The number of hydrogen-bond acceptors (Lipinski definition) is 3. The number of amides is 2. The van der Waals surface area contributed by atoms with E-state index in [-0.39, 0.29) is 18.4 Å². The Hall–Kier alpha value is -2.34. The van der Waals surface area contributed by atoms with Gasteiger partial charge in [-0.05, 0) is 58.2 Å². The fourth-order valence-electron chi connectivity index (χ4n) is 2.20. The molecule has 0 aromatic heterocycles. The minimum absolute atomic E-state index is 0.00979. The van der Waals surface area contributed by atoms with Gasteiger partial charge in [-0.15, -0.1) is 0 Å². The van der Waals surface area contributed by atoms with Crippen LogP contribution in [-0.2, 0) is 9.59 Å². The Kier molecular flexibility index (Phi) is 7.01. The minimum atomic E-state index is -0.146. The van der Waals surface area contributed by atoms with E-state index in [9.17, 15) is 9.59 Å². The number of nitrogens with one attached hydrogen (secondary N) is 3. The number of benzene rings is 2. The zero-order valence-corrected chi connectivity index (χ0v) is 15.9. The molecule has 2 rings (SSSR count). The van der Waals surface area contributed by atoms with Crippen molar-refractivity contribution < 1.29 is 9.59 Å². The van der Waals surface area contributed by atoms with Crippen molar-refractivity contribution in [3.63, 3.8) is 0 Å². The number of carbonyl (C=O) groups excluding carboxylic acids is 2. The highest BCUT2D eigenvalue weighted by atomic mass is 79.9. The van der Waals surface area contributed by atoms with Gasteiger partial charge in [0.05, 0.1) is 6.54 Å². The SMILES string of the molecule is CC(C)CC(=O)Nc1ccc(NC(=O)CNc2ccccc2Br)cc1. The normalized spacial score (nSPS) is 10.4. The predicted molar refractivity (Wildman–Crippen MR) is 106 cm³/mol. The number of para-hydroxylation sites is 1. The van der Waals surface area contributed by atoms with Gasteiger partial charge in [-0.25, -0.2) is 0 Å². The van der Waals surface area contributed by atoms with Crippen molar-refractivity contribution in [2.24, 2.45) is 5.92 Å². The van der Waals surface area contributed by atoms with Crippen LogP contribution in [0.5, 0.6) is 0 Å². The van der Waals surface area contributed by atoms with Crippen LogP contribution >= 0.6 is 15.9 Å². The van der Waals surface area contributed by atoms with Gasteiger partial charge in [0.15, 0.2) is 0 Å². The van der Waals surface area contributed by atoms with E-state index in [1.165, 1.54) is 0 Å². The number of rotatable bonds is 7. The Morgan fingerprint density at radius 2 is 1.48 bits per heavy atom. The van der Waals surface area contributed by atoms with Crippen LogP contribution in [0.4, 0.5) is 17.1 Å². The molecule has 5 nitrogen and oxygen atoms in total. The Bertz CT molecular complexity index is 730. The average Bonchev–Trinajstić information content (AvgIpc) is 2.55. The number of halogens is 1. The Balaban J connectivity index is 1.83. The second-order valence-corrected chi connectivity index (χ2v) is 6.96. The second-order valence-electron chi connectivity index (χ2n) is 6.11. The van der Waals surface area contributed by atoms with Gasteiger partial charge in [-0.3, -0.25) is 9.59 Å². The summed E-state index contributed by atoms with van der Waals surface area (Å²) in [5, 5.41) is 8.73. The molecule has 0 fully saturated rings. The zero-order chi connectivity index (χ0) is 18.2. The average molecular weight is 404 g/mol. The Morgan fingerprint density at radius 3 is 2.04 bits per heavy atom. The molecule has 0 atom stereocenters. The van der Waals surface area contributed by atoms with Crippen molar-refractivity contribution in [2.75, 3.05) is 22.5 Å². The first-order valence-electron chi connectivity index (χ1n) is 8.12. The lowest BCUT2D eigenvalue weighted by Crippen LogP contribution is -2.21. The smallest absolute Gasteiger partial charge is 0.243 e. The fraction of sp³-hybridized carbons (Fsp3) is 0.263. The third kappa shape index (κ3) is 6.58. The molecule has 0 aliphatic rings. The summed E-state index contributed by atoms with van der Waals surface area (Å²) in [7, 11) is 0. The van der Waals surface area contributed by atoms with Crippen molar-refractivity contribution in [2.45, 2.75) is 20.3 Å². The van der Waals surface area contributed by atoms with Crippen LogP contribution in [0.15, 0.2) is 53.0 Å². The topological polar surface area (TPSA) is 70.2 Å². The lowest BCUT2D eigenvalue weighted by molar-refractivity contribution is -0.117. The molecule has 0 aliphatic carbocycles. The number of hydrogen-bond donors (Lipinski definition) is 3. The summed E-state index contributed by atoms with van der Waals surface area (Å²) in [5.41, 5.74) is 2.26. The molecule has 0 saturated heterocycles. The Labute approximate surface area is 156 Å². The third-order valence-corrected chi connectivity index (χ3v) is 4.05. The molecule has 2 amide bonds.